The average molecular weight is 363 g/mol. The van der Waals surface area contributed by atoms with E-state index in [0.29, 0.717) is 39.5 Å². The van der Waals surface area contributed by atoms with Crippen molar-refractivity contribution in [1.82, 2.24) is 15.0 Å². The molecule has 1 fully saturated rings. The Morgan fingerprint density at radius 3 is 2.44 bits per heavy atom. The highest BCUT2D eigenvalue weighted by molar-refractivity contribution is 4.76. The quantitative estimate of drug-likeness (QED) is 0.213. The third-order valence-electron chi connectivity index (χ3n) is 2.63. The van der Waals surface area contributed by atoms with Gasteiger partial charge in [0.05, 0.1) is 19.2 Å². The number of rotatable bonds is 13. The third-order valence-corrected chi connectivity index (χ3v) is 2.63. The lowest BCUT2D eigenvalue weighted by Gasteiger charge is -2.38. The van der Waals surface area contributed by atoms with Crippen LogP contribution in [0.3, 0.4) is 0 Å². The highest BCUT2D eigenvalue weighted by Gasteiger charge is 2.24. The molecule has 0 bridgehead atoms. The topological polar surface area (TPSA) is 106 Å². The molecule has 0 aliphatic carbocycles. The molecule has 25 heavy (non-hydrogen) atoms. The number of hydroxylamine groups is 4. The first-order valence-corrected chi connectivity index (χ1v) is 7.57. The second-order valence-corrected chi connectivity index (χ2v) is 4.60. The average Bonchev–Trinajstić information content (AvgIpc) is 2.61. The van der Waals surface area contributed by atoms with Crippen molar-refractivity contribution in [1.29, 1.82) is 0 Å². The lowest BCUT2D eigenvalue weighted by molar-refractivity contribution is -0.437. The maximum Gasteiger partial charge on any atom is 0.165 e. The van der Waals surface area contributed by atoms with Crippen molar-refractivity contribution >= 4 is 0 Å². The van der Waals surface area contributed by atoms with Gasteiger partial charge in [-0.15, -0.1) is 5.06 Å². The zero-order chi connectivity index (χ0) is 18.2. The molecule has 0 aromatic rings. The fourth-order valence-electron chi connectivity index (χ4n) is 1.71. The van der Waals surface area contributed by atoms with E-state index >= 15 is 0 Å². The van der Waals surface area contributed by atoms with E-state index in [1.165, 1.54) is 11.3 Å². The SMILES string of the molecule is C/C=C/OCCON1CN(/C=C\OCCOO)CN(OO/C=C\O)C1. The standard InChI is InChI=1S/C14H25N3O8/c1-2-5-20-8-10-22-16-12-15(3-6-21-9-11-23-19)13-17(14-16)25-24-7-4-18/h2-7,18-19H,8-14H2,1H3/b5-2+,6-3-,7-4-. The summed E-state index contributed by atoms with van der Waals surface area (Å²) in [7, 11) is 0. The first-order valence-electron chi connectivity index (χ1n) is 7.57. The minimum atomic E-state index is 0.0718. The largest absolute Gasteiger partial charge is 0.512 e. The second-order valence-electron chi connectivity index (χ2n) is 4.60. The summed E-state index contributed by atoms with van der Waals surface area (Å²) >= 11 is 0. The molecule has 2 N–H and O–H groups in total. The first-order chi connectivity index (χ1) is 12.3. The van der Waals surface area contributed by atoms with Gasteiger partial charge in [0.15, 0.2) is 6.26 Å². The molecule has 0 aromatic carbocycles. The fraction of sp³-hybridized carbons (Fsp3) is 0.571. The van der Waals surface area contributed by atoms with Crippen LogP contribution in [-0.4, -0.2) is 71.8 Å². The van der Waals surface area contributed by atoms with Crippen molar-refractivity contribution in [2.24, 2.45) is 0 Å². The lowest BCUT2D eigenvalue weighted by Crippen LogP contribution is -2.52. The summed E-state index contributed by atoms with van der Waals surface area (Å²) in [5, 5.41) is 19.8. The van der Waals surface area contributed by atoms with Crippen LogP contribution in [0.1, 0.15) is 6.92 Å². The maximum atomic E-state index is 8.55. The molecule has 1 aliphatic rings. The molecule has 0 saturated carbocycles. The van der Waals surface area contributed by atoms with Gasteiger partial charge in [-0.3, -0.25) is 10.1 Å². The van der Waals surface area contributed by atoms with Gasteiger partial charge < -0.3 is 24.4 Å². The Kier molecular flexibility index (Phi) is 12.1. The van der Waals surface area contributed by atoms with E-state index in [9.17, 15) is 0 Å². The zero-order valence-corrected chi connectivity index (χ0v) is 14.1. The fourth-order valence-corrected chi connectivity index (χ4v) is 1.71. The van der Waals surface area contributed by atoms with Gasteiger partial charge in [-0.2, -0.15) is 5.06 Å². The van der Waals surface area contributed by atoms with E-state index in [1.807, 2.05) is 11.8 Å². The van der Waals surface area contributed by atoms with E-state index in [-0.39, 0.29) is 13.2 Å². The van der Waals surface area contributed by atoms with Gasteiger partial charge >= 0.3 is 0 Å². The number of nitrogens with zero attached hydrogens (tertiary/aromatic N) is 3. The molecule has 1 rings (SSSR count). The zero-order valence-electron chi connectivity index (χ0n) is 14.1. The summed E-state index contributed by atoms with van der Waals surface area (Å²) < 4.78 is 10.3. The monoisotopic (exact) mass is 363 g/mol. The van der Waals surface area contributed by atoms with Crippen LogP contribution < -0.4 is 0 Å². The molecule has 0 amide bonds. The highest BCUT2D eigenvalue weighted by atomic mass is 17.3. The predicted molar refractivity (Wildman–Crippen MR) is 84.4 cm³/mol. The summed E-state index contributed by atoms with van der Waals surface area (Å²) in [5.74, 6) is 0. The van der Waals surface area contributed by atoms with Gasteiger partial charge in [0.2, 0.25) is 0 Å². The van der Waals surface area contributed by atoms with E-state index in [1.54, 1.807) is 23.6 Å². The number of aliphatic hydroxyl groups excluding tert-OH is 1. The Labute approximate surface area is 146 Å². The first kappa shape index (κ1) is 21.0. The Balaban J connectivity index is 2.43. The molecule has 144 valence electrons. The van der Waals surface area contributed by atoms with Crippen molar-refractivity contribution in [3.8, 4) is 0 Å². The molecular formula is C14H25N3O8. The predicted octanol–water partition coefficient (Wildman–Crippen LogP) is 1.13. The van der Waals surface area contributed by atoms with Crippen LogP contribution in [0, 0.1) is 0 Å². The molecule has 0 unspecified atom stereocenters. The number of hydrogen-bond acceptors (Lipinski definition) is 11. The van der Waals surface area contributed by atoms with Crippen molar-refractivity contribution in [2.75, 3.05) is 46.4 Å². The van der Waals surface area contributed by atoms with E-state index in [2.05, 4.69) is 9.78 Å². The highest BCUT2D eigenvalue weighted by Crippen LogP contribution is 2.10. The summed E-state index contributed by atoms with van der Waals surface area (Å²) in [4.78, 5) is 21.0. The van der Waals surface area contributed by atoms with Crippen molar-refractivity contribution in [2.45, 2.75) is 6.92 Å². The Morgan fingerprint density at radius 1 is 0.920 bits per heavy atom. The van der Waals surface area contributed by atoms with E-state index < -0.39 is 0 Å². The minimum absolute atomic E-state index is 0.0718. The molecule has 11 nitrogen and oxygen atoms in total. The van der Waals surface area contributed by atoms with Crippen LogP contribution in [0.5, 0.6) is 0 Å². The number of allylic oxidation sites excluding steroid dienone is 1. The van der Waals surface area contributed by atoms with Crippen LogP contribution in [0.25, 0.3) is 0 Å². The van der Waals surface area contributed by atoms with Crippen LogP contribution in [0.2, 0.25) is 0 Å². The van der Waals surface area contributed by atoms with Gasteiger partial charge in [-0.25, -0.2) is 4.89 Å². The van der Waals surface area contributed by atoms with E-state index in [4.69, 9.17) is 29.7 Å². The maximum absolute atomic E-state index is 8.55. The minimum Gasteiger partial charge on any atom is -0.512 e. The van der Waals surface area contributed by atoms with Crippen LogP contribution in [0.15, 0.2) is 37.3 Å². The van der Waals surface area contributed by atoms with Crippen molar-refractivity contribution < 1.29 is 39.4 Å². The molecule has 1 heterocycles. The van der Waals surface area contributed by atoms with Gasteiger partial charge in [-0.05, 0) is 6.92 Å². The van der Waals surface area contributed by atoms with Gasteiger partial charge in [0, 0.05) is 6.20 Å². The van der Waals surface area contributed by atoms with Crippen LogP contribution in [0.4, 0.5) is 0 Å². The Bertz CT molecular complexity index is 408. The molecule has 1 aliphatic heterocycles. The number of hydrogen-bond donors (Lipinski definition) is 2. The van der Waals surface area contributed by atoms with Crippen LogP contribution >= 0.6 is 0 Å². The summed E-state index contributed by atoms with van der Waals surface area (Å²) in [6, 6.07) is 0. The smallest absolute Gasteiger partial charge is 0.165 e. The molecule has 0 aromatic heterocycles. The molecule has 0 atom stereocenters. The summed E-state index contributed by atoms with van der Waals surface area (Å²) in [5.41, 5.74) is 0. The van der Waals surface area contributed by atoms with Gasteiger partial charge in [-0.1, -0.05) is 11.1 Å². The summed E-state index contributed by atoms with van der Waals surface area (Å²) in [6.45, 7) is 4.05. The van der Waals surface area contributed by atoms with Crippen molar-refractivity contribution in [3.63, 3.8) is 0 Å². The summed E-state index contributed by atoms with van der Waals surface area (Å²) in [6.07, 6.45) is 8.23. The molecular weight excluding hydrogens is 338 g/mol. The third kappa shape index (κ3) is 10.4. The number of aliphatic hydroxyl groups is 1. The van der Waals surface area contributed by atoms with Gasteiger partial charge in [0.1, 0.15) is 46.0 Å². The normalized spacial score (nSPS) is 17.1. The Hall–Kier alpha value is -2.02. The number of ether oxygens (including phenoxy) is 2. The second kappa shape index (κ2) is 14.3. The van der Waals surface area contributed by atoms with E-state index in [0.717, 1.165) is 6.26 Å². The molecule has 0 radical (unpaired) electrons. The van der Waals surface area contributed by atoms with Crippen molar-refractivity contribution in [3.05, 3.63) is 37.3 Å². The van der Waals surface area contributed by atoms with Crippen LogP contribution in [-0.2, 0) is 29.1 Å². The molecule has 1 saturated heterocycles. The lowest BCUT2D eigenvalue weighted by atomic mass is 10.6. The molecule has 0 spiro atoms. The molecule has 11 heteroatoms. The Morgan fingerprint density at radius 2 is 1.68 bits per heavy atom. The van der Waals surface area contributed by atoms with Gasteiger partial charge in [0.25, 0.3) is 0 Å².